The lowest BCUT2D eigenvalue weighted by Crippen LogP contribution is -2.50. The molecule has 2 atom stereocenters. The van der Waals surface area contributed by atoms with Crippen molar-refractivity contribution < 1.29 is 4.48 Å². The molecule has 2 saturated heterocycles. The highest BCUT2D eigenvalue weighted by molar-refractivity contribution is 4.68. The van der Waals surface area contributed by atoms with Gasteiger partial charge in [0.05, 0.1) is 19.6 Å². The fourth-order valence-corrected chi connectivity index (χ4v) is 2.55. The average Bonchev–Trinajstić information content (AvgIpc) is 2.85. The first kappa shape index (κ1) is 11.3. The summed E-state index contributed by atoms with van der Waals surface area (Å²) >= 11 is 0. The van der Waals surface area contributed by atoms with Crippen LogP contribution in [0.3, 0.4) is 0 Å². The average molecular weight is 213 g/mol. The molecule has 0 aromatic rings. The Kier molecular flexibility index (Phi) is 3.61. The standard InChI is InChI=1S/C11H25N4/c1-11(15(2)8-5-13-10-15)3-6-14-7-4-12-9-14/h11-13H,3-10H2,1-2H3/q+1. The van der Waals surface area contributed by atoms with Gasteiger partial charge >= 0.3 is 0 Å². The first-order valence-corrected chi connectivity index (χ1v) is 6.19. The summed E-state index contributed by atoms with van der Waals surface area (Å²) in [6.07, 6.45) is 1.32. The Morgan fingerprint density at radius 1 is 1.33 bits per heavy atom. The number of nitrogens with one attached hydrogen (secondary N) is 2. The number of hydrogen-bond acceptors (Lipinski definition) is 3. The van der Waals surface area contributed by atoms with E-state index in [1.54, 1.807) is 0 Å². The van der Waals surface area contributed by atoms with Crippen LogP contribution >= 0.6 is 0 Å². The van der Waals surface area contributed by atoms with Gasteiger partial charge in [-0.3, -0.25) is 10.2 Å². The Morgan fingerprint density at radius 3 is 2.80 bits per heavy atom. The molecule has 0 aromatic heterocycles. The first-order valence-electron chi connectivity index (χ1n) is 6.19. The van der Waals surface area contributed by atoms with Gasteiger partial charge < -0.3 is 9.80 Å². The molecule has 0 aromatic carbocycles. The van der Waals surface area contributed by atoms with E-state index in [4.69, 9.17) is 0 Å². The lowest BCUT2D eigenvalue weighted by atomic mass is 10.1. The summed E-state index contributed by atoms with van der Waals surface area (Å²) < 4.78 is 1.21. The third kappa shape index (κ3) is 2.69. The highest BCUT2D eigenvalue weighted by atomic mass is 15.4. The molecule has 0 bridgehead atoms. The van der Waals surface area contributed by atoms with Crippen molar-refractivity contribution in [1.82, 2.24) is 15.5 Å². The van der Waals surface area contributed by atoms with Gasteiger partial charge in [0.2, 0.25) is 0 Å². The third-order valence-corrected chi connectivity index (χ3v) is 4.14. The van der Waals surface area contributed by atoms with E-state index in [0.29, 0.717) is 0 Å². The molecule has 2 aliphatic heterocycles. The van der Waals surface area contributed by atoms with Crippen molar-refractivity contribution in [3.63, 3.8) is 0 Å². The fourth-order valence-electron chi connectivity index (χ4n) is 2.55. The minimum absolute atomic E-state index is 0.778. The van der Waals surface area contributed by atoms with Crippen LogP contribution in [-0.2, 0) is 0 Å². The van der Waals surface area contributed by atoms with Gasteiger partial charge in [-0.25, -0.2) is 0 Å². The molecule has 4 nitrogen and oxygen atoms in total. The predicted octanol–water partition coefficient (Wildman–Crippen LogP) is -0.365. The van der Waals surface area contributed by atoms with Crippen molar-refractivity contribution in [3.05, 3.63) is 0 Å². The molecule has 2 N–H and O–H groups in total. The van der Waals surface area contributed by atoms with Crippen molar-refractivity contribution in [1.29, 1.82) is 0 Å². The first-order chi connectivity index (χ1) is 7.21. The van der Waals surface area contributed by atoms with Crippen LogP contribution in [0.15, 0.2) is 0 Å². The molecule has 2 heterocycles. The lowest BCUT2D eigenvalue weighted by molar-refractivity contribution is -0.921. The van der Waals surface area contributed by atoms with E-state index in [1.165, 1.54) is 43.6 Å². The zero-order valence-electron chi connectivity index (χ0n) is 10.1. The van der Waals surface area contributed by atoms with Crippen LogP contribution in [0.25, 0.3) is 0 Å². The minimum Gasteiger partial charge on any atom is -0.310 e. The van der Waals surface area contributed by atoms with Gasteiger partial charge in [-0.2, -0.15) is 0 Å². The minimum atomic E-state index is 0.778. The van der Waals surface area contributed by atoms with E-state index in [9.17, 15) is 0 Å². The van der Waals surface area contributed by atoms with Crippen LogP contribution in [-0.4, -0.2) is 68.5 Å². The zero-order valence-corrected chi connectivity index (χ0v) is 10.1. The van der Waals surface area contributed by atoms with E-state index in [-0.39, 0.29) is 0 Å². The summed E-state index contributed by atoms with van der Waals surface area (Å²) in [4.78, 5) is 2.52. The molecule has 0 radical (unpaired) electrons. The fraction of sp³-hybridized carbons (Fsp3) is 1.00. The zero-order chi connectivity index (χ0) is 10.7. The summed E-state index contributed by atoms with van der Waals surface area (Å²) in [6.45, 7) is 10.8. The molecular formula is C11H25N4+. The van der Waals surface area contributed by atoms with Crippen LogP contribution in [0.4, 0.5) is 0 Å². The van der Waals surface area contributed by atoms with Crippen molar-refractivity contribution in [2.75, 3.05) is 53.1 Å². The molecule has 2 fully saturated rings. The van der Waals surface area contributed by atoms with Crippen molar-refractivity contribution in [3.8, 4) is 0 Å². The van der Waals surface area contributed by atoms with Gasteiger partial charge in [-0.05, 0) is 6.92 Å². The largest absolute Gasteiger partial charge is 0.310 e. The predicted molar refractivity (Wildman–Crippen MR) is 62.4 cm³/mol. The molecule has 2 aliphatic rings. The van der Waals surface area contributed by atoms with Crippen LogP contribution in [0.1, 0.15) is 13.3 Å². The second-order valence-electron chi connectivity index (χ2n) is 5.27. The molecule has 88 valence electrons. The number of quaternary nitrogens is 1. The van der Waals surface area contributed by atoms with Gasteiger partial charge in [0, 0.05) is 39.3 Å². The van der Waals surface area contributed by atoms with Gasteiger partial charge in [-0.15, -0.1) is 0 Å². The Hall–Kier alpha value is -0.160. The maximum atomic E-state index is 3.47. The molecule has 0 amide bonds. The quantitative estimate of drug-likeness (QED) is 0.624. The van der Waals surface area contributed by atoms with Crippen LogP contribution in [0.2, 0.25) is 0 Å². The van der Waals surface area contributed by atoms with E-state index < -0.39 is 0 Å². The van der Waals surface area contributed by atoms with E-state index in [0.717, 1.165) is 19.4 Å². The second kappa shape index (κ2) is 4.78. The summed E-state index contributed by atoms with van der Waals surface area (Å²) in [5.74, 6) is 0. The molecule has 2 rings (SSSR count). The van der Waals surface area contributed by atoms with Gasteiger partial charge in [-0.1, -0.05) is 0 Å². The maximum Gasteiger partial charge on any atom is 0.132 e. The topological polar surface area (TPSA) is 27.3 Å². The third-order valence-electron chi connectivity index (χ3n) is 4.14. The van der Waals surface area contributed by atoms with Gasteiger partial charge in [0.25, 0.3) is 0 Å². The maximum absolute atomic E-state index is 3.47. The number of likely N-dealkylation sites (N-methyl/N-ethyl adjacent to an activating group) is 1. The smallest absolute Gasteiger partial charge is 0.132 e. The van der Waals surface area contributed by atoms with Crippen LogP contribution in [0.5, 0.6) is 0 Å². The van der Waals surface area contributed by atoms with Gasteiger partial charge in [0.1, 0.15) is 6.67 Å². The van der Waals surface area contributed by atoms with Crippen molar-refractivity contribution in [2.24, 2.45) is 0 Å². The Balaban J connectivity index is 1.73. The van der Waals surface area contributed by atoms with Gasteiger partial charge in [0.15, 0.2) is 0 Å². The van der Waals surface area contributed by atoms with Crippen molar-refractivity contribution >= 4 is 0 Å². The Morgan fingerprint density at radius 2 is 2.20 bits per heavy atom. The van der Waals surface area contributed by atoms with E-state index in [2.05, 4.69) is 29.5 Å². The molecule has 4 heteroatoms. The lowest BCUT2D eigenvalue weighted by Gasteiger charge is -2.35. The van der Waals surface area contributed by atoms with E-state index in [1.807, 2.05) is 0 Å². The molecule has 0 aliphatic carbocycles. The molecular weight excluding hydrogens is 188 g/mol. The monoisotopic (exact) mass is 213 g/mol. The Bertz CT molecular complexity index is 195. The van der Waals surface area contributed by atoms with Crippen molar-refractivity contribution in [2.45, 2.75) is 19.4 Å². The summed E-state index contributed by atoms with van der Waals surface area (Å²) in [5, 5.41) is 6.85. The highest BCUT2D eigenvalue weighted by Crippen LogP contribution is 2.15. The number of hydrogen-bond donors (Lipinski definition) is 2. The second-order valence-corrected chi connectivity index (χ2v) is 5.27. The van der Waals surface area contributed by atoms with Crippen LogP contribution in [0, 0.1) is 0 Å². The molecule has 2 unspecified atom stereocenters. The summed E-state index contributed by atoms with van der Waals surface area (Å²) in [5.41, 5.74) is 0. The normalized spacial score (nSPS) is 34.8. The Labute approximate surface area is 93.2 Å². The van der Waals surface area contributed by atoms with E-state index >= 15 is 0 Å². The number of nitrogens with zero attached hydrogens (tertiary/aromatic N) is 2. The van der Waals surface area contributed by atoms with Crippen LogP contribution < -0.4 is 10.6 Å². The summed E-state index contributed by atoms with van der Waals surface area (Å²) in [7, 11) is 2.38. The SMILES string of the molecule is CC(CCN1CCNC1)[N+]1(C)CCNC1. The summed E-state index contributed by atoms with van der Waals surface area (Å²) in [6, 6.07) is 0.778. The highest BCUT2D eigenvalue weighted by Gasteiger charge is 2.32. The molecule has 15 heavy (non-hydrogen) atoms. The number of rotatable bonds is 4. The molecule has 0 spiro atoms. The molecule has 0 saturated carbocycles.